The van der Waals surface area contributed by atoms with Crippen molar-refractivity contribution in [2.24, 2.45) is 5.41 Å². The molecular weight excluding hydrogens is 298 g/mol. The number of rotatable bonds is 5. The van der Waals surface area contributed by atoms with E-state index in [-0.39, 0.29) is 29.8 Å². The number of carbonyl (C=O) groups is 2. The van der Waals surface area contributed by atoms with E-state index in [2.05, 4.69) is 23.8 Å². The summed E-state index contributed by atoms with van der Waals surface area (Å²) >= 11 is 1.70. The SMILES string of the molecule is COC(=O)CC(C)(C)CC(=O)N1C[C@@H](c2ccsc2)C[C@H]1C. The average molecular weight is 323 g/mol. The number of amides is 1. The Bertz CT molecular complexity index is 524. The molecule has 1 saturated heterocycles. The highest BCUT2D eigenvalue weighted by atomic mass is 32.1. The molecular formula is C17H25NO3S. The van der Waals surface area contributed by atoms with Crippen LogP contribution in [-0.2, 0) is 14.3 Å². The maximum atomic E-state index is 12.6. The zero-order chi connectivity index (χ0) is 16.3. The van der Waals surface area contributed by atoms with Gasteiger partial charge in [-0.25, -0.2) is 0 Å². The summed E-state index contributed by atoms with van der Waals surface area (Å²) in [5.74, 6) is 0.316. The molecule has 0 bridgehead atoms. The smallest absolute Gasteiger partial charge is 0.306 e. The zero-order valence-corrected chi connectivity index (χ0v) is 14.6. The first-order valence-corrected chi connectivity index (χ1v) is 8.65. The van der Waals surface area contributed by atoms with E-state index in [0.29, 0.717) is 12.3 Å². The van der Waals surface area contributed by atoms with Gasteiger partial charge in [-0.1, -0.05) is 13.8 Å². The molecule has 4 nitrogen and oxygen atoms in total. The quantitative estimate of drug-likeness (QED) is 0.780. The molecule has 0 saturated carbocycles. The summed E-state index contributed by atoms with van der Waals surface area (Å²) in [6.07, 6.45) is 1.66. The van der Waals surface area contributed by atoms with E-state index in [0.717, 1.165) is 13.0 Å². The number of hydrogen-bond donors (Lipinski definition) is 0. The number of likely N-dealkylation sites (tertiary alicyclic amines) is 1. The van der Waals surface area contributed by atoms with E-state index < -0.39 is 0 Å². The van der Waals surface area contributed by atoms with Crippen molar-refractivity contribution in [2.45, 2.75) is 52.0 Å². The second-order valence-electron chi connectivity index (χ2n) is 6.98. The first-order chi connectivity index (χ1) is 10.3. The second-order valence-corrected chi connectivity index (χ2v) is 7.76. The highest BCUT2D eigenvalue weighted by molar-refractivity contribution is 7.07. The minimum Gasteiger partial charge on any atom is -0.469 e. The first kappa shape index (κ1) is 17.0. The molecule has 1 aromatic rings. The molecule has 1 aliphatic heterocycles. The van der Waals surface area contributed by atoms with Gasteiger partial charge in [-0.2, -0.15) is 11.3 Å². The standard InChI is InChI=1S/C17H25NO3S/c1-12-7-14(13-5-6-22-11-13)10-18(12)15(19)8-17(2,3)9-16(20)21-4/h5-6,11-12,14H,7-10H2,1-4H3/t12-,14+/m1/s1. The highest BCUT2D eigenvalue weighted by Gasteiger charge is 2.36. The molecule has 122 valence electrons. The van der Waals surface area contributed by atoms with Gasteiger partial charge in [0.25, 0.3) is 0 Å². The number of ether oxygens (including phenoxy) is 1. The van der Waals surface area contributed by atoms with Gasteiger partial charge in [0.1, 0.15) is 0 Å². The van der Waals surface area contributed by atoms with E-state index in [1.165, 1.54) is 12.7 Å². The fraction of sp³-hybridized carbons (Fsp3) is 0.647. The Morgan fingerprint density at radius 3 is 2.73 bits per heavy atom. The number of methoxy groups -OCH3 is 1. The number of carbonyl (C=O) groups excluding carboxylic acids is 2. The molecule has 0 aromatic carbocycles. The third-order valence-corrected chi connectivity index (χ3v) is 5.09. The summed E-state index contributed by atoms with van der Waals surface area (Å²) in [6.45, 7) is 6.78. The molecule has 22 heavy (non-hydrogen) atoms. The summed E-state index contributed by atoms with van der Waals surface area (Å²) in [4.78, 5) is 26.1. The van der Waals surface area contributed by atoms with Gasteiger partial charge in [0, 0.05) is 24.9 Å². The Morgan fingerprint density at radius 2 is 2.14 bits per heavy atom. The normalized spacial score (nSPS) is 21.9. The van der Waals surface area contributed by atoms with Crippen molar-refractivity contribution in [2.75, 3.05) is 13.7 Å². The molecule has 1 amide bonds. The van der Waals surface area contributed by atoms with Crippen LogP contribution in [0.3, 0.4) is 0 Å². The molecule has 0 aliphatic carbocycles. The van der Waals surface area contributed by atoms with Gasteiger partial charge in [-0.15, -0.1) is 0 Å². The van der Waals surface area contributed by atoms with Gasteiger partial charge in [-0.3, -0.25) is 9.59 Å². The molecule has 2 heterocycles. The van der Waals surface area contributed by atoms with Crippen LogP contribution in [0, 0.1) is 5.41 Å². The number of hydrogen-bond acceptors (Lipinski definition) is 4. The van der Waals surface area contributed by atoms with Crippen LogP contribution in [0.2, 0.25) is 0 Å². The lowest BCUT2D eigenvalue weighted by molar-refractivity contribution is -0.144. The summed E-state index contributed by atoms with van der Waals surface area (Å²) in [6, 6.07) is 2.41. The molecule has 1 aliphatic rings. The maximum Gasteiger partial charge on any atom is 0.306 e. The van der Waals surface area contributed by atoms with Crippen molar-refractivity contribution in [3.05, 3.63) is 22.4 Å². The van der Waals surface area contributed by atoms with Crippen molar-refractivity contribution in [1.82, 2.24) is 4.90 Å². The average Bonchev–Trinajstić information content (AvgIpc) is 3.05. The molecule has 0 spiro atoms. The minimum absolute atomic E-state index is 0.138. The minimum atomic E-state index is -0.371. The Morgan fingerprint density at radius 1 is 1.41 bits per heavy atom. The monoisotopic (exact) mass is 323 g/mol. The lowest BCUT2D eigenvalue weighted by Gasteiger charge is -2.28. The topological polar surface area (TPSA) is 46.6 Å². The predicted molar refractivity (Wildman–Crippen MR) is 87.9 cm³/mol. The lowest BCUT2D eigenvalue weighted by atomic mass is 9.85. The molecule has 1 fully saturated rings. The van der Waals surface area contributed by atoms with Gasteiger partial charge >= 0.3 is 5.97 Å². The van der Waals surface area contributed by atoms with Crippen LogP contribution in [0.25, 0.3) is 0 Å². The zero-order valence-electron chi connectivity index (χ0n) is 13.8. The van der Waals surface area contributed by atoms with Gasteiger partial charge < -0.3 is 9.64 Å². The van der Waals surface area contributed by atoms with E-state index in [9.17, 15) is 9.59 Å². The van der Waals surface area contributed by atoms with Crippen LogP contribution in [0.5, 0.6) is 0 Å². The third kappa shape index (κ3) is 4.09. The summed E-state index contributed by atoms with van der Waals surface area (Å²) < 4.78 is 4.72. The Kier molecular flexibility index (Phi) is 5.27. The molecule has 5 heteroatoms. The molecule has 2 atom stereocenters. The predicted octanol–water partition coefficient (Wildman–Crippen LogP) is 3.43. The fourth-order valence-electron chi connectivity index (χ4n) is 3.16. The number of thiophene rings is 1. The van der Waals surface area contributed by atoms with Crippen molar-refractivity contribution < 1.29 is 14.3 Å². The Hall–Kier alpha value is -1.36. The molecule has 1 aromatic heterocycles. The lowest BCUT2D eigenvalue weighted by Crippen LogP contribution is -2.37. The molecule has 0 unspecified atom stereocenters. The number of esters is 1. The fourth-order valence-corrected chi connectivity index (χ4v) is 3.91. The van der Waals surface area contributed by atoms with Crippen LogP contribution < -0.4 is 0 Å². The maximum absolute atomic E-state index is 12.6. The Balaban J connectivity index is 1.96. The van der Waals surface area contributed by atoms with Gasteiger partial charge in [-0.05, 0) is 41.1 Å². The van der Waals surface area contributed by atoms with Crippen LogP contribution in [-0.4, -0.2) is 36.5 Å². The van der Waals surface area contributed by atoms with E-state index in [4.69, 9.17) is 4.74 Å². The second kappa shape index (κ2) is 6.82. The molecule has 0 N–H and O–H groups in total. The van der Waals surface area contributed by atoms with Crippen LogP contribution >= 0.6 is 11.3 Å². The highest BCUT2D eigenvalue weighted by Crippen LogP contribution is 2.35. The van der Waals surface area contributed by atoms with Crippen molar-refractivity contribution in [1.29, 1.82) is 0 Å². The number of nitrogens with zero attached hydrogens (tertiary/aromatic N) is 1. The van der Waals surface area contributed by atoms with Crippen molar-refractivity contribution >= 4 is 23.2 Å². The van der Waals surface area contributed by atoms with Crippen molar-refractivity contribution in [3.8, 4) is 0 Å². The van der Waals surface area contributed by atoms with Gasteiger partial charge in [0.05, 0.1) is 13.5 Å². The third-order valence-electron chi connectivity index (χ3n) is 4.39. The molecule has 2 rings (SSSR count). The largest absolute Gasteiger partial charge is 0.469 e. The van der Waals surface area contributed by atoms with Crippen LogP contribution in [0.1, 0.15) is 51.5 Å². The summed E-state index contributed by atoms with van der Waals surface area (Å²) in [5.41, 5.74) is 0.964. The van der Waals surface area contributed by atoms with Crippen LogP contribution in [0.15, 0.2) is 16.8 Å². The summed E-state index contributed by atoms with van der Waals surface area (Å²) in [7, 11) is 1.38. The van der Waals surface area contributed by atoms with E-state index in [1.807, 2.05) is 18.7 Å². The van der Waals surface area contributed by atoms with Crippen molar-refractivity contribution in [3.63, 3.8) is 0 Å². The van der Waals surface area contributed by atoms with Gasteiger partial charge in [0.15, 0.2) is 0 Å². The molecule has 0 radical (unpaired) electrons. The van der Waals surface area contributed by atoms with Gasteiger partial charge in [0.2, 0.25) is 5.91 Å². The van der Waals surface area contributed by atoms with E-state index in [1.54, 1.807) is 11.3 Å². The first-order valence-electron chi connectivity index (χ1n) is 7.71. The summed E-state index contributed by atoms with van der Waals surface area (Å²) in [5, 5.41) is 4.26. The Labute approximate surface area is 136 Å². The van der Waals surface area contributed by atoms with E-state index >= 15 is 0 Å². The van der Waals surface area contributed by atoms with Crippen LogP contribution in [0.4, 0.5) is 0 Å².